The average molecular weight is 335 g/mol. The average Bonchev–Trinajstić information content (AvgIpc) is 2.41. The van der Waals surface area contributed by atoms with Crippen LogP contribution in [0.2, 0.25) is 0 Å². The minimum Gasteiger partial charge on any atom is -0.323 e. The minimum absolute atomic E-state index is 0.237. The molecule has 0 spiro atoms. The maximum absolute atomic E-state index is 12.2. The number of hydrogen-bond acceptors (Lipinski definition) is 4. The molecule has 0 saturated carbocycles. The number of amides is 2. The highest BCUT2D eigenvalue weighted by Crippen LogP contribution is 2.20. The van der Waals surface area contributed by atoms with Crippen LogP contribution in [0.4, 0.5) is 11.5 Å². The third-order valence-electron chi connectivity index (χ3n) is 2.37. The van der Waals surface area contributed by atoms with E-state index in [1.54, 1.807) is 18.2 Å². The number of hydrogen-bond donors (Lipinski definition) is 2. The van der Waals surface area contributed by atoms with Gasteiger partial charge in [-0.1, -0.05) is 0 Å². The summed E-state index contributed by atoms with van der Waals surface area (Å²) in [5.41, 5.74) is 0.873. The molecule has 0 atom stereocenters. The first-order valence-corrected chi connectivity index (χ1v) is 6.50. The predicted molar refractivity (Wildman–Crippen MR) is 78.4 cm³/mol. The maximum Gasteiger partial charge on any atom is 0.258 e. The Morgan fingerprint density at radius 2 is 2.00 bits per heavy atom. The Morgan fingerprint density at radius 1 is 1.20 bits per heavy atom. The van der Waals surface area contributed by atoms with Gasteiger partial charge in [0.05, 0.1) is 11.3 Å². The molecule has 2 aromatic heterocycles. The lowest BCUT2D eigenvalue weighted by molar-refractivity contribution is -0.114. The predicted octanol–water partition coefficient (Wildman–Crippen LogP) is 2.45. The Hall–Kier alpha value is -2.28. The van der Waals surface area contributed by atoms with Crippen molar-refractivity contribution in [2.24, 2.45) is 0 Å². The quantitative estimate of drug-likeness (QED) is 0.902. The van der Waals surface area contributed by atoms with Crippen LogP contribution in [0, 0.1) is 0 Å². The first kappa shape index (κ1) is 14.1. The number of nitrogens with one attached hydrogen (secondary N) is 2. The third kappa shape index (κ3) is 3.39. The van der Waals surface area contributed by atoms with Gasteiger partial charge >= 0.3 is 0 Å². The molecule has 6 nitrogen and oxygen atoms in total. The van der Waals surface area contributed by atoms with Gasteiger partial charge in [0.15, 0.2) is 5.82 Å². The molecule has 2 amide bonds. The Bertz CT molecular complexity index is 660. The van der Waals surface area contributed by atoms with Crippen molar-refractivity contribution < 1.29 is 9.59 Å². The molecule has 0 radical (unpaired) electrons. The van der Waals surface area contributed by atoms with Crippen molar-refractivity contribution in [2.75, 3.05) is 10.6 Å². The van der Waals surface area contributed by atoms with Gasteiger partial charge in [-0.2, -0.15) is 0 Å². The zero-order chi connectivity index (χ0) is 14.5. The van der Waals surface area contributed by atoms with Crippen LogP contribution in [-0.4, -0.2) is 21.8 Å². The lowest BCUT2D eigenvalue weighted by Crippen LogP contribution is -2.16. The van der Waals surface area contributed by atoms with Crippen molar-refractivity contribution in [2.45, 2.75) is 6.92 Å². The van der Waals surface area contributed by atoms with Crippen LogP contribution in [-0.2, 0) is 4.79 Å². The Kier molecular flexibility index (Phi) is 4.41. The lowest BCUT2D eigenvalue weighted by atomic mass is 10.2. The molecule has 102 valence electrons. The lowest BCUT2D eigenvalue weighted by Gasteiger charge is -2.10. The third-order valence-corrected chi connectivity index (χ3v) is 3.00. The van der Waals surface area contributed by atoms with Gasteiger partial charge in [-0.05, 0) is 34.1 Å². The molecule has 0 aromatic carbocycles. The van der Waals surface area contributed by atoms with E-state index in [0.29, 0.717) is 15.7 Å². The molecule has 0 bridgehead atoms. The van der Waals surface area contributed by atoms with Gasteiger partial charge in [0, 0.05) is 30.0 Å². The monoisotopic (exact) mass is 334 g/mol. The Labute approximate surface area is 123 Å². The highest BCUT2D eigenvalue weighted by atomic mass is 79.9. The summed E-state index contributed by atoms with van der Waals surface area (Å²) >= 11 is 3.26. The zero-order valence-electron chi connectivity index (χ0n) is 10.6. The van der Waals surface area contributed by atoms with Crippen molar-refractivity contribution in [3.63, 3.8) is 0 Å². The first-order chi connectivity index (χ1) is 9.58. The number of pyridine rings is 2. The summed E-state index contributed by atoms with van der Waals surface area (Å²) in [6.07, 6.45) is 4.58. The summed E-state index contributed by atoms with van der Waals surface area (Å²) in [7, 11) is 0. The number of aromatic nitrogens is 2. The molecule has 0 fully saturated rings. The number of anilines is 2. The molecule has 20 heavy (non-hydrogen) atoms. The molecule has 2 rings (SSSR count). The van der Waals surface area contributed by atoms with Gasteiger partial charge in [0.1, 0.15) is 0 Å². The highest BCUT2D eigenvalue weighted by molar-refractivity contribution is 9.10. The molecule has 0 unspecified atom stereocenters. The molecule has 2 aromatic rings. The van der Waals surface area contributed by atoms with Crippen molar-refractivity contribution in [3.05, 3.63) is 46.8 Å². The normalized spacial score (nSPS) is 9.90. The van der Waals surface area contributed by atoms with Gasteiger partial charge in [-0.3, -0.25) is 14.6 Å². The first-order valence-electron chi connectivity index (χ1n) is 5.71. The molecular weight excluding hydrogens is 324 g/mol. The van der Waals surface area contributed by atoms with Crippen molar-refractivity contribution in [1.82, 2.24) is 9.97 Å². The Morgan fingerprint density at radius 3 is 2.70 bits per heavy atom. The van der Waals surface area contributed by atoms with E-state index in [0.717, 1.165) is 0 Å². The van der Waals surface area contributed by atoms with Crippen molar-refractivity contribution in [1.29, 1.82) is 0 Å². The molecule has 2 N–H and O–H groups in total. The molecule has 0 aliphatic heterocycles. The van der Waals surface area contributed by atoms with Crippen LogP contribution in [0.3, 0.4) is 0 Å². The maximum atomic E-state index is 12.2. The number of carbonyl (C=O) groups excluding carboxylic acids is 2. The summed E-state index contributed by atoms with van der Waals surface area (Å²) in [5.74, 6) is -0.292. The van der Waals surface area contributed by atoms with Gasteiger partial charge < -0.3 is 10.6 Å². The molecule has 7 heteroatoms. The molecule has 0 aliphatic carbocycles. The van der Waals surface area contributed by atoms with Crippen LogP contribution < -0.4 is 10.6 Å². The molecule has 0 saturated heterocycles. The smallest absolute Gasteiger partial charge is 0.258 e. The summed E-state index contributed by atoms with van der Waals surface area (Å²) in [4.78, 5) is 31.2. The molecule has 2 heterocycles. The second-order valence-corrected chi connectivity index (χ2v) is 4.74. The van der Waals surface area contributed by atoms with Crippen LogP contribution in [0.15, 0.2) is 41.3 Å². The molecular formula is C13H11BrN4O2. The fraction of sp³-hybridized carbons (Fsp3) is 0.0769. The molecule has 0 aliphatic rings. The standard InChI is InChI=1S/C13H11BrN4O2/c1-8(19)17-11-3-2-5-16-12(11)18-13(20)9-4-6-15-7-10(9)14/h2-7H,1H3,(H,17,19)(H,16,18,20). The zero-order valence-corrected chi connectivity index (χ0v) is 12.1. The van der Waals surface area contributed by atoms with E-state index in [1.807, 2.05) is 0 Å². The van der Waals surface area contributed by atoms with E-state index in [9.17, 15) is 9.59 Å². The highest BCUT2D eigenvalue weighted by Gasteiger charge is 2.13. The minimum atomic E-state index is -0.343. The van der Waals surface area contributed by atoms with E-state index >= 15 is 0 Å². The van der Waals surface area contributed by atoms with E-state index in [1.165, 1.54) is 25.5 Å². The van der Waals surface area contributed by atoms with E-state index in [-0.39, 0.29) is 17.6 Å². The summed E-state index contributed by atoms with van der Waals surface area (Å²) in [6, 6.07) is 4.91. The van der Waals surface area contributed by atoms with Crippen LogP contribution in [0.5, 0.6) is 0 Å². The number of halogens is 1. The van der Waals surface area contributed by atoms with Crippen LogP contribution in [0.25, 0.3) is 0 Å². The number of nitrogens with zero attached hydrogens (tertiary/aromatic N) is 2. The van der Waals surface area contributed by atoms with E-state index in [2.05, 4.69) is 36.5 Å². The second kappa shape index (κ2) is 6.25. The topological polar surface area (TPSA) is 84.0 Å². The van der Waals surface area contributed by atoms with Crippen molar-refractivity contribution >= 4 is 39.2 Å². The van der Waals surface area contributed by atoms with Gasteiger partial charge in [-0.15, -0.1) is 0 Å². The van der Waals surface area contributed by atoms with E-state index < -0.39 is 0 Å². The second-order valence-electron chi connectivity index (χ2n) is 3.89. The van der Waals surface area contributed by atoms with E-state index in [4.69, 9.17) is 0 Å². The largest absolute Gasteiger partial charge is 0.323 e. The van der Waals surface area contributed by atoms with Crippen LogP contribution >= 0.6 is 15.9 Å². The summed E-state index contributed by atoms with van der Waals surface area (Å²) in [5, 5.41) is 5.26. The SMILES string of the molecule is CC(=O)Nc1cccnc1NC(=O)c1ccncc1Br. The number of rotatable bonds is 3. The Balaban J connectivity index is 2.24. The van der Waals surface area contributed by atoms with Crippen LogP contribution in [0.1, 0.15) is 17.3 Å². The van der Waals surface area contributed by atoms with Crippen molar-refractivity contribution in [3.8, 4) is 0 Å². The fourth-order valence-electron chi connectivity index (χ4n) is 1.53. The van der Waals surface area contributed by atoms with Gasteiger partial charge in [0.2, 0.25) is 5.91 Å². The number of carbonyl (C=O) groups is 2. The fourth-order valence-corrected chi connectivity index (χ4v) is 1.96. The van der Waals surface area contributed by atoms with Gasteiger partial charge in [0.25, 0.3) is 5.91 Å². The van der Waals surface area contributed by atoms with Gasteiger partial charge in [-0.25, -0.2) is 4.98 Å². The summed E-state index contributed by atoms with van der Waals surface area (Å²) in [6.45, 7) is 1.39. The summed E-state index contributed by atoms with van der Waals surface area (Å²) < 4.78 is 0.578.